The second-order valence-corrected chi connectivity index (χ2v) is 8.11. The minimum atomic E-state index is -1.21. The lowest BCUT2D eigenvalue weighted by Gasteiger charge is -2.28. The second-order valence-electron chi connectivity index (χ2n) is 8.11. The highest BCUT2D eigenvalue weighted by atomic mass is 16.5. The summed E-state index contributed by atoms with van der Waals surface area (Å²) >= 11 is 0. The Balaban J connectivity index is 1.47. The summed E-state index contributed by atoms with van der Waals surface area (Å²) in [4.78, 5) is 27.4. The molecule has 0 bridgehead atoms. The number of hydrogen-bond donors (Lipinski definition) is 2. The van der Waals surface area contributed by atoms with Gasteiger partial charge >= 0.3 is 6.03 Å². The summed E-state index contributed by atoms with van der Waals surface area (Å²) in [5, 5.41) is 13.3. The molecule has 0 saturated carbocycles. The van der Waals surface area contributed by atoms with Crippen LogP contribution >= 0.6 is 0 Å². The number of β-amino-alcohol motifs (C(OH)–C–C–N with tert-alkyl or cyclic N) is 1. The van der Waals surface area contributed by atoms with E-state index in [4.69, 9.17) is 9.47 Å². The molecule has 0 unspecified atom stereocenters. The van der Waals surface area contributed by atoms with Gasteiger partial charge in [0.15, 0.2) is 5.54 Å². The third-order valence-corrected chi connectivity index (χ3v) is 5.79. The van der Waals surface area contributed by atoms with Crippen LogP contribution in [0.5, 0.6) is 0 Å². The zero-order valence-electron chi connectivity index (χ0n) is 17.4. The third kappa shape index (κ3) is 4.79. The van der Waals surface area contributed by atoms with Crippen molar-refractivity contribution in [3.05, 3.63) is 71.8 Å². The minimum absolute atomic E-state index is 0.0357. The van der Waals surface area contributed by atoms with E-state index in [1.54, 1.807) is 0 Å². The van der Waals surface area contributed by atoms with Gasteiger partial charge in [-0.1, -0.05) is 60.7 Å². The van der Waals surface area contributed by atoms with Crippen molar-refractivity contribution in [2.24, 2.45) is 0 Å². The minimum Gasteiger partial charge on any atom is -0.389 e. The van der Waals surface area contributed by atoms with Gasteiger partial charge in [0.05, 0.1) is 32.0 Å². The predicted molar refractivity (Wildman–Crippen MR) is 114 cm³/mol. The van der Waals surface area contributed by atoms with Crippen LogP contribution in [0.4, 0.5) is 4.79 Å². The zero-order valence-corrected chi connectivity index (χ0v) is 17.4. The summed E-state index contributed by atoms with van der Waals surface area (Å²) in [5.41, 5.74) is 0.434. The molecule has 2 N–H and O–H groups in total. The second kappa shape index (κ2) is 9.60. The van der Waals surface area contributed by atoms with Crippen molar-refractivity contribution in [2.75, 3.05) is 26.4 Å². The fourth-order valence-corrected chi connectivity index (χ4v) is 4.21. The molecule has 2 aromatic carbocycles. The van der Waals surface area contributed by atoms with Crippen molar-refractivity contribution in [3.63, 3.8) is 0 Å². The quantitative estimate of drug-likeness (QED) is 0.603. The number of aliphatic hydroxyl groups is 1. The highest BCUT2D eigenvalue weighted by Gasteiger charge is 2.52. The number of nitrogens with zero attached hydrogens (tertiary/aromatic N) is 1. The Morgan fingerprint density at radius 3 is 2.52 bits per heavy atom. The topological polar surface area (TPSA) is 88.1 Å². The molecule has 2 fully saturated rings. The Hall–Kier alpha value is -2.74. The van der Waals surface area contributed by atoms with E-state index in [1.165, 1.54) is 0 Å². The highest BCUT2D eigenvalue weighted by Crippen LogP contribution is 2.33. The lowest BCUT2D eigenvalue weighted by atomic mass is 9.83. The fraction of sp³-hybridized carbons (Fsp3) is 0.417. The average Bonchev–Trinajstić information content (AvgIpc) is 3.38. The summed E-state index contributed by atoms with van der Waals surface area (Å²) in [7, 11) is 0. The van der Waals surface area contributed by atoms with E-state index in [9.17, 15) is 14.7 Å². The molecule has 31 heavy (non-hydrogen) atoms. The van der Waals surface area contributed by atoms with Crippen LogP contribution in [0, 0.1) is 0 Å². The first-order valence-corrected chi connectivity index (χ1v) is 10.7. The molecule has 164 valence electrons. The molecule has 0 spiro atoms. The summed E-state index contributed by atoms with van der Waals surface area (Å²) in [6, 6.07) is 18.3. The first-order chi connectivity index (χ1) is 15.1. The van der Waals surface area contributed by atoms with Gasteiger partial charge in [-0.05, 0) is 24.0 Å². The van der Waals surface area contributed by atoms with E-state index < -0.39 is 17.7 Å². The lowest BCUT2D eigenvalue weighted by Crippen LogP contribution is -2.46. The molecule has 0 radical (unpaired) electrons. The molecule has 7 nitrogen and oxygen atoms in total. The van der Waals surface area contributed by atoms with Crippen LogP contribution in [-0.2, 0) is 26.2 Å². The van der Waals surface area contributed by atoms with Crippen molar-refractivity contribution in [3.8, 4) is 0 Å². The molecule has 4 rings (SSSR count). The Labute approximate surface area is 182 Å². The van der Waals surface area contributed by atoms with Crippen LogP contribution in [-0.4, -0.2) is 60.5 Å². The average molecular weight is 424 g/mol. The summed E-state index contributed by atoms with van der Waals surface area (Å²) < 4.78 is 11.0. The van der Waals surface area contributed by atoms with E-state index in [2.05, 4.69) is 5.32 Å². The predicted octanol–water partition coefficient (Wildman–Crippen LogP) is 2.23. The molecule has 0 aliphatic carbocycles. The maximum absolute atomic E-state index is 13.5. The van der Waals surface area contributed by atoms with Crippen LogP contribution in [0.2, 0.25) is 0 Å². The van der Waals surface area contributed by atoms with E-state index in [1.807, 2.05) is 60.7 Å². The molecular formula is C24H28N2O5. The van der Waals surface area contributed by atoms with Crippen molar-refractivity contribution in [2.45, 2.75) is 37.0 Å². The number of carbonyl (C=O) groups is 2. The van der Waals surface area contributed by atoms with Crippen molar-refractivity contribution in [1.29, 1.82) is 0 Å². The van der Waals surface area contributed by atoms with Crippen molar-refractivity contribution < 1.29 is 24.2 Å². The zero-order chi connectivity index (χ0) is 21.7. The molecular weight excluding hydrogens is 396 g/mol. The van der Waals surface area contributed by atoms with Gasteiger partial charge in [-0.2, -0.15) is 0 Å². The van der Waals surface area contributed by atoms with Gasteiger partial charge in [0.2, 0.25) is 0 Å². The van der Waals surface area contributed by atoms with Crippen LogP contribution in [0.25, 0.3) is 0 Å². The first kappa shape index (κ1) is 21.5. The van der Waals surface area contributed by atoms with Gasteiger partial charge in [0.1, 0.15) is 0 Å². The van der Waals surface area contributed by atoms with Crippen molar-refractivity contribution >= 4 is 11.9 Å². The number of ether oxygens (including phenoxy) is 2. The third-order valence-electron chi connectivity index (χ3n) is 5.79. The Bertz CT molecular complexity index is 885. The molecule has 3 atom stereocenters. The summed E-state index contributed by atoms with van der Waals surface area (Å²) in [5.74, 6) is -0.370. The fourth-order valence-electron chi connectivity index (χ4n) is 4.21. The van der Waals surface area contributed by atoms with Gasteiger partial charge in [0.25, 0.3) is 5.91 Å². The Morgan fingerprint density at radius 1 is 1.13 bits per heavy atom. The lowest BCUT2D eigenvalue weighted by molar-refractivity contribution is -0.133. The van der Waals surface area contributed by atoms with Gasteiger partial charge in [-0.3, -0.25) is 9.69 Å². The van der Waals surface area contributed by atoms with Gasteiger partial charge in [0, 0.05) is 13.0 Å². The van der Waals surface area contributed by atoms with Crippen molar-refractivity contribution in [1.82, 2.24) is 10.2 Å². The van der Waals surface area contributed by atoms with Gasteiger partial charge < -0.3 is 19.9 Å². The van der Waals surface area contributed by atoms with E-state index in [-0.39, 0.29) is 25.2 Å². The molecule has 2 aromatic rings. The monoisotopic (exact) mass is 424 g/mol. The number of hydrogen-bond acceptors (Lipinski definition) is 5. The number of amides is 3. The van der Waals surface area contributed by atoms with Crippen LogP contribution in [0.1, 0.15) is 24.0 Å². The Morgan fingerprint density at radius 2 is 1.84 bits per heavy atom. The van der Waals surface area contributed by atoms with Crippen LogP contribution < -0.4 is 5.32 Å². The smallest absolute Gasteiger partial charge is 0.325 e. The summed E-state index contributed by atoms with van der Waals surface area (Å²) in [6.45, 7) is 1.05. The van der Waals surface area contributed by atoms with Gasteiger partial charge in [-0.15, -0.1) is 0 Å². The maximum Gasteiger partial charge on any atom is 0.325 e. The van der Waals surface area contributed by atoms with Crippen LogP contribution in [0.15, 0.2) is 60.7 Å². The molecule has 0 aromatic heterocycles. The molecule has 2 saturated heterocycles. The maximum atomic E-state index is 13.5. The molecule has 2 aliphatic rings. The van der Waals surface area contributed by atoms with Gasteiger partial charge in [-0.25, -0.2) is 4.79 Å². The SMILES string of the molecule is O=C1N[C@](Cc2ccccc2)(c2ccccc2)C(=O)N1C[C@H](O)COC[C@H]1CCCO1. The highest BCUT2D eigenvalue weighted by molar-refractivity contribution is 6.07. The Kier molecular flexibility index (Phi) is 6.65. The number of rotatable bonds is 9. The molecule has 3 amide bonds. The van der Waals surface area contributed by atoms with E-state index in [0.717, 1.165) is 29.9 Å². The van der Waals surface area contributed by atoms with Crippen LogP contribution in [0.3, 0.4) is 0 Å². The normalized spacial score (nSPS) is 24.4. The largest absolute Gasteiger partial charge is 0.389 e. The van der Waals surface area contributed by atoms with E-state index in [0.29, 0.717) is 18.6 Å². The number of imide groups is 1. The summed E-state index contributed by atoms with van der Waals surface area (Å²) in [6.07, 6.45) is 1.37. The molecule has 7 heteroatoms. The number of urea groups is 1. The standard InChI is InChI=1S/C24H28N2O5/c27-20(16-30-17-21-12-7-13-31-21)15-26-22(28)24(25-23(26)29,19-10-5-2-6-11-19)14-18-8-3-1-4-9-18/h1-6,8-11,20-21,27H,7,12-17H2,(H,25,29)/t20-,21+,24+/m0/s1. The molecule has 2 heterocycles. The number of carbonyl (C=O) groups excluding carboxylic acids is 2. The molecule has 2 aliphatic heterocycles. The number of aliphatic hydroxyl groups excluding tert-OH is 1. The number of benzene rings is 2. The van der Waals surface area contributed by atoms with E-state index >= 15 is 0 Å². The number of nitrogens with one attached hydrogen (secondary N) is 1. The first-order valence-electron chi connectivity index (χ1n) is 10.7.